The molecule has 1 aliphatic heterocycles. The van der Waals surface area contributed by atoms with E-state index in [1.165, 1.54) is 11.3 Å². The highest BCUT2D eigenvalue weighted by Gasteiger charge is 2.30. The minimum atomic E-state index is -0.0558. The van der Waals surface area contributed by atoms with Gasteiger partial charge in [0.05, 0.1) is 17.5 Å². The summed E-state index contributed by atoms with van der Waals surface area (Å²) < 4.78 is 5.46. The van der Waals surface area contributed by atoms with Gasteiger partial charge in [0.1, 0.15) is 0 Å². The molecule has 1 aliphatic rings. The van der Waals surface area contributed by atoms with E-state index in [0.29, 0.717) is 33.9 Å². The molecule has 2 heterocycles. The first-order chi connectivity index (χ1) is 15.9. The lowest BCUT2D eigenvalue weighted by Gasteiger charge is -2.36. The zero-order valence-corrected chi connectivity index (χ0v) is 20.4. The third-order valence-corrected chi connectivity index (χ3v) is 6.49. The number of carbonyl (C=O) groups is 1. The third kappa shape index (κ3) is 5.68. The molecule has 1 fully saturated rings. The number of anilines is 1. The fourth-order valence-corrected chi connectivity index (χ4v) is 4.72. The Balaban J connectivity index is 1.46. The summed E-state index contributed by atoms with van der Waals surface area (Å²) in [5, 5.41) is 5.06. The first-order valence-corrected chi connectivity index (χ1v) is 12.1. The second-order valence-corrected chi connectivity index (χ2v) is 9.36. The number of hydrogen-bond donors (Lipinski definition) is 0. The zero-order valence-electron chi connectivity index (χ0n) is 18.9. The highest BCUT2D eigenvalue weighted by atomic mass is 35.5. The molecule has 2 aromatic carbocycles. The SMILES string of the molecule is CCCN(Cc1nc(-c2ccc(Cl)cc2Cl)no1)C(=O)[C@H]1CCCN(c2ccc(C)cc2)C1. The molecule has 4 rings (SSSR count). The van der Waals surface area contributed by atoms with Crippen molar-refractivity contribution in [2.45, 2.75) is 39.7 Å². The standard InChI is InChI=1S/C25H28Cl2N4O2/c1-3-12-31(16-23-28-24(29-33-23)21-11-8-19(26)14-22(21)27)25(32)18-5-4-13-30(15-18)20-9-6-17(2)7-10-20/h6-11,14,18H,3-5,12-13,15-16H2,1-2H3/t18-/m0/s1. The van der Waals surface area contributed by atoms with Crippen molar-refractivity contribution in [3.05, 3.63) is 64.0 Å². The van der Waals surface area contributed by atoms with Crippen LogP contribution < -0.4 is 4.90 Å². The molecular weight excluding hydrogens is 459 g/mol. The average molecular weight is 487 g/mol. The molecule has 1 saturated heterocycles. The van der Waals surface area contributed by atoms with Crippen LogP contribution in [0, 0.1) is 12.8 Å². The molecule has 0 unspecified atom stereocenters. The van der Waals surface area contributed by atoms with Crippen molar-refractivity contribution in [3.8, 4) is 11.4 Å². The largest absolute Gasteiger partial charge is 0.371 e. The molecule has 0 bridgehead atoms. The molecule has 1 aromatic heterocycles. The fraction of sp³-hybridized carbons (Fsp3) is 0.400. The number of nitrogens with zero attached hydrogens (tertiary/aromatic N) is 4. The van der Waals surface area contributed by atoms with Gasteiger partial charge in [-0.25, -0.2) is 0 Å². The number of carbonyl (C=O) groups excluding carboxylic acids is 1. The molecular formula is C25H28Cl2N4O2. The molecule has 0 radical (unpaired) electrons. The molecule has 0 spiro atoms. The Kier molecular flexibility index (Phi) is 7.56. The van der Waals surface area contributed by atoms with Crippen LogP contribution in [0.2, 0.25) is 10.0 Å². The summed E-state index contributed by atoms with van der Waals surface area (Å²) in [6.07, 6.45) is 2.73. The molecule has 8 heteroatoms. The van der Waals surface area contributed by atoms with E-state index < -0.39 is 0 Å². The van der Waals surface area contributed by atoms with Crippen LogP contribution >= 0.6 is 23.2 Å². The number of amides is 1. The maximum Gasteiger partial charge on any atom is 0.246 e. The summed E-state index contributed by atoms with van der Waals surface area (Å²) in [7, 11) is 0. The average Bonchev–Trinajstić information content (AvgIpc) is 3.27. The van der Waals surface area contributed by atoms with Crippen molar-refractivity contribution in [1.82, 2.24) is 15.0 Å². The molecule has 0 N–H and O–H groups in total. The van der Waals surface area contributed by atoms with Crippen molar-refractivity contribution in [2.75, 3.05) is 24.5 Å². The molecule has 174 valence electrons. The summed E-state index contributed by atoms with van der Waals surface area (Å²) in [5.41, 5.74) is 3.04. The summed E-state index contributed by atoms with van der Waals surface area (Å²) in [4.78, 5) is 22.1. The molecule has 1 atom stereocenters. The Morgan fingerprint density at radius 2 is 2.00 bits per heavy atom. The molecule has 0 aliphatic carbocycles. The van der Waals surface area contributed by atoms with E-state index in [0.717, 1.165) is 32.4 Å². The van der Waals surface area contributed by atoms with Crippen molar-refractivity contribution >= 4 is 34.8 Å². The van der Waals surface area contributed by atoms with Gasteiger partial charge in [-0.1, -0.05) is 53.0 Å². The van der Waals surface area contributed by atoms with Crippen LogP contribution in [-0.4, -0.2) is 40.6 Å². The van der Waals surface area contributed by atoms with Gasteiger partial charge in [-0.3, -0.25) is 4.79 Å². The van der Waals surface area contributed by atoms with E-state index in [2.05, 4.69) is 53.2 Å². The van der Waals surface area contributed by atoms with Crippen molar-refractivity contribution < 1.29 is 9.32 Å². The molecule has 6 nitrogen and oxygen atoms in total. The van der Waals surface area contributed by atoms with Gasteiger partial charge < -0.3 is 14.3 Å². The third-order valence-electron chi connectivity index (χ3n) is 5.94. The summed E-state index contributed by atoms with van der Waals surface area (Å²) in [6.45, 7) is 6.75. The lowest BCUT2D eigenvalue weighted by atomic mass is 9.95. The topological polar surface area (TPSA) is 62.5 Å². The second-order valence-electron chi connectivity index (χ2n) is 8.52. The maximum absolute atomic E-state index is 13.5. The van der Waals surface area contributed by atoms with Crippen LogP contribution in [0.4, 0.5) is 5.69 Å². The number of benzene rings is 2. The first-order valence-electron chi connectivity index (χ1n) is 11.3. The quantitative estimate of drug-likeness (QED) is 0.409. The lowest BCUT2D eigenvalue weighted by molar-refractivity contribution is -0.136. The van der Waals surface area contributed by atoms with Crippen molar-refractivity contribution in [1.29, 1.82) is 0 Å². The Morgan fingerprint density at radius 1 is 1.21 bits per heavy atom. The van der Waals surface area contributed by atoms with Gasteiger partial charge in [0.15, 0.2) is 0 Å². The first kappa shape index (κ1) is 23.6. The number of piperidine rings is 1. The van der Waals surface area contributed by atoms with Crippen LogP contribution in [0.15, 0.2) is 47.0 Å². The summed E-state index contributed by atoms with van der Waals surface area (Å²) in [6, 6.07) is 13.6. The fourth-order valence-electron chi connectivity index (χ4n) is 4.23. The van der Waals surface area contributed by atoms with Gasteiger partial charge in [0.2, 0.25) is 17.6 Å². The smallest absolute Gasteiger partial charge is 0.246 e. The van der Waals surface area contributed by atoms with Crippen molar-refractivity contribution in [3.63, 3.8) is 0 Å². The normalized spacial score (nSPS) is 16.1. The van der Waals surface area contributed by atoms with E-state index in [9.17, 15) is 4.79 Å². The van der Waals surface area contributed by atoms with E-state index in [1.807, 2.05) is 4.90 Å². The molecule has 1 amide bonds. The maximum atomic E-state index is 13.5. The van der Waals surface area contributed by atoms with Gasteiger partial charge in [0.25, 0.3) is 0 Å². The number of hydrogen-bond acceptors (Lipinski definition) is 5. The van der Waals surface area contributed by atoms with Gasteiger partial charge in [-0.2, -0.15) is 4.98 Å². The number of aromatic nitrogens is 2. The van der Waals surface area contributed by atoms with Gasteiger partial charge >= 0.3 is 0 Å². The van der Waals surface area contributed by atoms with E-state index in [4.69, 9.17) is 27.7 Å². The van der Waals surface area contributed by atoms with Crippen molar-refractivity contribution in [2.24, 2.45) is 5.92 Å². The Hall–Kier alpha value is -2.57. The van der Waals surface area contributed by atoms with Crippen LogP contribution in [0.1, 0.15) is 37.6 Å². The monoisotopic (exact) mass is 486 g/mol. The molecule has 3 aromatic rings. The van der Waals surface area contributed by atoms with E-state index >= 15 is 0 Å². The highest BCUT2D eigenvalue weighted by molar-refractivity contribution is 6.36. The number of aryl methyl sites for hydroxylation is 1. The zero-order chi connectivity index (χ0) is 23.4. The summed E-state index contributed by atoms with van der Waals surface area (Å²) >= 11 is 12.3. The van der Waals surface area contributed by atoms with Crippen LogP contribution in [0.3, 0.4) is 0 Å². The Morgan fingerprint density at radius 3 is 2.73 bits per heavy atom. The van der Waals surface area contributed by atoms with E-state index in [1.54, 1.807) is 18.2 Å². The van der Waals surface area contributed by atoms with Gasteiger partial charge in [0, 0.05) is 35.9 Å². The number of rotatable bonds is 7. The minimum absolute atomic E-state index is 0.0558. The van der Waals surface area contributed by atoms with Crippen LogP contribution in [-0.2, 0) is 11.3 Å². The predicted molar refractivity (Wildman–Crippen MR) is 132 cm³/mol. The van der Waals surface area contributed by atoms with Gasteiger partial charge in [-0.05, 0) is 56.5 Å². The number of halogens is 2. The minimum Gasteiger partial charge on any atom is -0.371 e. The Bertz CT molecular complexity index is 1100. The van der Waals surface area contributed by atoms with Gasteiger partial charge in [-0.15, -0.1) is 0 Å². The van der Waals surface area contributed by atoms with Crippen LogP contribution in [0.5, 0.6) is 0 Å². The molecule has 0 saturated carbocycles. The predicted octanol–water partition coefficient (Wildman–Crippen LogP) is 6.01. The van der Waals surface area contributed by atoms with Crippen LogP contribution in [0.25, 0.3) is 11.4 Å². The second kappa shape index (κ2) is 10.6. The summed E-state index contributed by atoms with van der Waals surface area (Å²) in [5.74, 6) is 0.862. The lowest BCUT2D eigenvalue weighted by Crippen LogP contribution is -2.45. The molecule has 33 heavy (non-hydrogen) atoms. The highest BCUT2D eigenvalue weighted by Crippen LogP contribution is 2.29. The Labute approximate surface area is 204 Å². The van der Waals surface area contributed by atoms with E-state index in [-0.39, 0.29) is 18.4 Å².